The Morgan fingerprint density at radius 2 is 1.77 bits per heavy atom. The van der Waals surface area contributed by atoms with Crippen molar-refractivity contribution in [1.29, 1.82) is 0 Å². The van der Waals surface area contributed by atoms with Gasteiger partial charge in [-0.25, -0.2) is 9.07 Å². The van der Waals surface area contributed by atoms with Crippen LogP contribution < -0.4 is 0 Å². The molecule has 0 saturated carbocycles. The predicted molar refractivity (Wildman–Crippen MR) is 81.1 cm³/mol. The van der Waals surface area contributed by atoms with E-state index < -0.39 is 0 Å². The molecule has 22 heavy (non-hydrogen) atoms. The number of aldehydes is 1. The van der Waals surface area contributed by atoms with Crippen LogP contribution in [-0.4, -0.2) is 21.3 Å². The molecule has 0 fully saturated rings. The van der Waals surface area contributed by atoms with E-state index in [1.54, 1.807) is 16.8 Å². The van der Waals surface area contributed by atoms with E-state index in [1.807, 2.05) is 31.2 Å². The third kappa shape index (κ3) is 2.79. The molecule has 0 radical (unpaired) electrons. The Kier molecular flexibility index (Phi) is 3.78. The summed E-state index contributed by atoms with van der Waals surface area (Å²) in [6.45, 7) is 2.52. The summed E-state index contributed by atoms with van der Waals surface area (Å²) in [5.74, 6) is -0.325. The lowest BCUT2D eigenvalue weighted by Crippen LogP contribution is -2.04. The molecular weight excluding hydrogens is 281 g/mol. The zero-order valence-electron chi connectivity index (χ0n) is 12.0. The first kappa shape index (κ1) is 14.1. The average molecular weight is 295 g/mol. The van der Waals surface area contributed by atoms with Gasteiger partial charge in [0.2, 0.25) is 0 Å². The van der Waals surface area contributed by atoms with Gasteiger partial charge in [-0.2, -0.15) is 0 Å². The second kappa shape index (κ2) is 5.89. The van der Waals surface area contributed by atoms with Gasteiger partial charge in [0.05, 0.1) is 12.2 Å². The van der Waals surface area contributed by atoms with Gasteiger partial charge in [0.25, 0.3) is 0 Å². The lowest BCUT2D eigenvalue weighted by Gasteiger charge is -2.07. The van der Waals surface area contributed by atoms with Gasteiger partial charge in [-0.1, -0.05) is 35.0 Å². The van der Waals surface area contributed by atoms with Crippen molar-refractivity contribution in [3.05, 3.63) is 71.2 Å². The van der Waals surface area contributed by atoms with Crippen molar-refractivity contribution in [2.45, 2.75) is 13.5 Å². The molecule has 0 aliphatic heterocycles. The topological polar surface area (TPSA) is 47.8 Å². The number of carbonyl (C=O) groups is 1. The molecular formula is C17H14FN3O. The van der Waals surface area contributed by atoms with Gasteiger partial charge >= 0.3 is 0 Å². The van der Waals surface area contributed by atoms with E-state index in [2.05, 4.69) is 10.3 Å². The monoisotopic (exact) mass is 295 g/mol. The molecule has 0 amide bonds. The van der Waals surface area contributed by atoms with Gasteiger partial charge in [-0.05, 0) is 36.8 Å². The number of hydrogen-bond donors (Lipinski definition) is 0. The molecule has 3 aromatic rings. The standard InChI is InChI=1S/C17H14FN3O/c1-12-2-4-13(5-3-12)10-21-17(16(11-22)19-20-21)14-6-8-15(18)9-7-14/h2-9,11H,10H2,1H3. The Morgan fingerprint density at radius 1 is 1.09 bits per heavy atom. The van der Waals surface area contributed by atoms with Crippen LogP contribution in [0, 0.1) is 12.7 Å². The summed E-state index contributed by atoms with van der Waals surface area (Å²) in [5.41, 5.74) is 3.78. The summed E-state index contributed by atoms with van der Waals surface area (Å²) in [6, 6.07) is 14.0. The molecule has 2 aromatic carbocycles. The first-order valence-electron chi connectivity index (χ1n) is 6.87. The molecule has 1 aromatic heterocycles. The van der Waals surface area contributed by atoms with Crippen LogP contribution in [-0.2, 0) is 6.54 Å². The Hall–Kier alpha value is -2.82. The van der Waals surface area contributed by atoms with E-state index in [0.717, 1.165) is 5.56 Å². The van der Waals surface area contributed by atoms with Crippen molar-refractivity contribution in [2.24, 2.45) is 0 Å². The third-order valence-electron chi connectivity index (χ3n) is 3.44. The fourth-order valence-corrected chi connectivity index (χ4v) is 2.29. The maximum absolute atomic E-state index is 13.1. The van der Waals surface area contributed by atoms with Crippen molar-refractivity contribution < 1.29 is 9.18 Å². The molecule has 0 saturated heterocycles. The van der Waals surface area contributed by atoms with Gasteiger partial charge in [0.1, 0.15) is 5.82 Å². The van der Waals surface area contributed by atoms with E-state index >= 15 is 0 Å². The predicted octanol–water partition coefficient (Wildman–Crippen LogP) is 3.25. The van der Waals surface area contributed by atoms with E-state index in [4.69, 9.17) is 0 Å². The number of carbonyl (C=O) groups excluding carboxylic acids is 1. The Balaban J connectivity index is 2.01. The minimum Gasteiger partial charge on any atom is -0.296 e. The normalized spacial score (nSPS) is 10.6. The van der Waals surface area contributed by atoms with Crippen LogP contribution in [0.1, 0.15) is 21.6 Å². The molecule has 4 nitrogen and oxygen atoms in total. The third-order valence-corrected chi connectivity index (χ3v) is 3.44. The van der Waals surface area contributed by atoms with Crippen LogP contribution >= 0.6 is 0 Å². The molecule has 0 spiro atoms. The van der Waals surface area contributed by atoms with Gasteiger partial charge in [-0.3, -0.25) is 4.79 Å². The van der Waals surface area contributed by atoms with Crippen LogP contribution in [0.4, 0.5) is 4.39 Å². The smallest absolute Gasteiger partial charge is 0.172 e. The summed E-state index contributed by atoms with van der Waals surface area (Å²) in [7, 11) is 0. The molecule has 3 rings (SSSR count). The number of aromatic nitrogens is 3. The Bertz CT molecular complexity index is 792. The molecule has 0 aliphatic carbocycles. The minimum atomic E-state index is -0.325. The van der Waals surface area contributed by atoms with Crippen molar-refractivity contribution in [1.82, 2.24) is 15.0 Å². The quantitative estimate of drug-likeness (QED) is 0.694. The first-order valence-corrected chi connectivity index (χ1v) is 6.87. The van der Waals surface area contributed by atoms with Crippen molar-refractivity contribution >= 4 is 6.29 Å². The highest BCUT2D eigenvalue weighted by atomic mass is 19.1. The highest BCUT2D eigenvalue weighted by Crippen LogP contribution is 2.22. The van der Waals surface area contributed by atoms with E-state index in [9.17, 15) is 9.18 Å². The van der Waals surface area contributed by atoms with Gasteiger partial charge in [0, 0.05) is 5.56 Å². The lowest BCUT2D eigenvalue weighted by atomic mass is 10.1. The van der Waals surface area contributed by atoms with E-state index in [1.165, 1.54) is 17.7 Å². The van der Waals surface area contributed by atoms with E-state index in [-0.39, 0.29) is 11.5 Å². The molecule has 0 bridgehead atoms. The summed E-state index contributed by atoms with van der Waals surface area (Å²) < 4.78 is 14.7. The second-order valence-electron chi connectivity index (χ2n) is 5.09. The van der Waals surface area contributed by atoms with Gasteiger partial charge < -0.3 is 0 Å². The summed E-state index contributed by atoms with van der Waals surface area (Å²) >= 11 is 0. The fourth-order valence-electron chi connectivity index (χ4n) is 2.29. The first-order chi connectivity index (χ1) is 10.7. The SMILES string of the molecule is Cc1ccc(Cn2nnc(C=O)c2-c2ccc(F)cc2)cc1. The fraction of sp³-hybridized carbons (Fsp3) is 0.118. The van der Waals surface area contributed by atoms with Crippen LogP contribution in [0.25, 0.3) is 11.3 Å². The molecule has 1 heterocycles. The molecule has 0 unspecified atom stereocenters. The summed E-state index contributed by atoms with van der Waals surface area (Å²) in [5, 5.41) is 7.94. The molecule has 0 aliphatic rings. The zero-order chi connectivity index (χ0) is 15.5. The van der Waals surface area contributed by atoms with Crippen LogP contribution in [0.2, 0.25) is 0 Å². The molecule has 0 atom stereocenters. The Morgan fingerprint density at radius 3 is 2.41 bits per heavy atom. The van der Waals surface area contributed by atoms with Crippen LogP contribution in [0.15, 0.2) is 48.5 Å². The van der Waals surface area contributed by atoms with Gasteiger partial charge in [0.15, 0.2) is 12.0 Å². The summed E-state index contributed by atoms with van der Waals surface area (Å²) in [4.78, 5) is 11.2. The molecule has 110 valence electrons. The number of nitrogens with zero attached hydrogens (tertiary/aromatic N) is 3. The second-order valence-corrected chi connectivity index (χ2v) is 5.09. The van der Waals surface area contributed by atoms with E-state index in [0.29, 0.717) is 24.1 Å². The summed E-state index contributed by atoms with van der Waals surface area (Å²) in [6.07, 6.45) is 0.664. The van der Waals surface area contributed by atoms with Gasteiger partial charge in [-0.15, -0.1) is 5.10 Å². The molecule has 5 heteroatoms. The Labute approximate surface area is 127 Å². The number of halogens is 1. The van der Waals surface area contributed by atoms with Crippen molar-refractivity contribution in [2.75, 3.05) is 0 Å². The number of hydrogen-bond acceptors (Lipinski definition) is 3. The molecule has 0 N–H and O–H groups in total. The lowest BCUT2D eigenvalue weighted by molar-refractivity contribution is 0.111. The highest BCUT2D eigenvalue weighted by Gasteiger charge is 2.14. The maximum Gasteiger partial charge on any atom is 0.172 e. The van der Waals surface area contributed by atoms with Crippen molar-refractivity contribution in [3.8, 4) is 11.3 Å². The average Bonchev–Trinajstić information content (AvgIpc) is 2.93. The maximum atomic E-state index is 13.1. The van der Waals surface area contributed by atoms with Crippen LogP contribution in [0.5, 0.6) is 0 Å². The largest absolute Gasteiger partial charge is 0.296 e. The number of rotatable bonds is 4. The number of aryl methyl sites for hydroxylation is 1. The zero-order valence-corrected chi connectivity index (χ0v) is 12.0. The minimum absolute atomic E-state index is 0.249. The van der Waals surface area contributed by atoms with Crippen molar-refractivity contribution in [3.63, 3.8) is 0 Å². The highest BCUT2D eigenvalue weighted by molar-refractivity contribution is 5.83. The number of benzene rings is 2. The van der Waals surface area contributed by atoms with Crippen LogP contribution in [0.3, 0.4) is 0 Å².